The maximum absolute atomic E-state index is 6.36. The van der Waals surface area contributed by atoms with Gasteiger partial charge in [0.15, 0.2) is 0 Å². The molecule has 1 N–H and O–H groups in total. The molecule has 0 spiro atoms. The van der Waals surface area contributed by atoms with Gasteiger partial charge in [-0.3, -0.25) is 0 Å². The molecular formula is C16H20ClNOS. The second kappa shape index (κ2) is 7.21. The van der Waals surface area contributed by atoms with E-state index in [9.17, 15) is 0 Å². The number of furan rings is 1. The van der Waals surface area contributed by atoms with Crippen LogP contribution in [0.25, 0.3) is 0 Å². The third-order valence-electron chi connectivity index (χ3n) is 2.94. The van der Waals surface area contributed by atoms with Crippen LogP contribution >= 0.6 is 23.4 Å². The largest absolute Gasteiger partial charge is 0.468 e. The highest BCUT2D eigenvalue weighted by Crippen LogP contribution is 2.37. The Morgan fingerprint density at radius 2 is 2.10 bits per heavy atom. The Labute approximate surface area is 129 Å². The van der Waals surface area contributed by atoms with Crippen LogP contribution in [0.5, 0.6) is 0 Å². The number of aryl methyl sites for hydroxylation is 1. The molecule has 1 aromatic heterocycles. The van der Waals surface area contributed by atoms with Crippen LogP contribution in [0.15, 0.2) is 44.7 Å². The van der Waals surface area contributed by atoms with E-state index in [4.69, 9.17) is 16.0 Å². The van der Waals surface area contributed by atoms with E-state index in [1.165, 1.54) is 5.56 Å². The summed E-state index contributed by atoms with van der Waals surface area (Å²) in [5, 5.41) is 4.26. The SMILES string of the molecule is Cc1occc1Sc1c(Cl)cccc1CNCC(C)C. The molecule has 2 aromatic rings. The highest BCUT2D eigenvalue weighted by Gasteiger charge is 2.11. The number of hydrogen-bond acceptors (Lipinski definition) is 3. The first kappa shape index (κ1) is 15.5. The average Bonchev–Trinajstić information content (AvgIpc) is 2.78. The van der Waals surface area contributed by atoms with Gasteiger partial charge in [-0.05, 0) is 37.1 Å². The lowest BCUT2D eigenvalue weighted by Gasteiger charge is -2.12. The molecule has 0 bridgehead atoms. The van der Waals surface area contributed by atoms with Crippen LogP contribution in [-0.4, -0.2) is 6.54 Å². The Morgan fingerprint density at radius 3 is 2.75 bits per heavy atom. The van der Waals surface area contributed by atoms with Gasteiger partial charge in [0, 0.05) is 11.4 Å². The molecule has 0 atom stereocenters. The first-order valence-corrected chi connectivity index (χ1v) is 7.97. The second-order valence-electron chi connectivity index (χ2n) is 5.20. The molecule has 0 aliphatic heterocycles. The van der Waals surface area contributed by atoms with Crippen LogP contribution < -0.4 is 5.32 Å². The molecule has 20 heavy (non-hydrogen) atoms. The van der Waals surface area contributed by atoms with Crippen LogP contribution in [0.1, 0.15) is 25.2 Å². The van der Waals surface area contributed by atoms with Gasteiger partial charge in [0.2, 0.25) is 0 Å². The summed E-state index contributed by atoms with van der Waals surface area (Å²) in [5.74, 6) is 1.57. The van der Waals surface area contributed by atoms with Gasteiger partial charge in [-0.1, -0.05) is 49.3 Å². The summed E-state index contributed by atoms with van der Waals surface area (Å²) >= 11 is 8.03. The van der Waals surface area contributed by atoms with Crippen LogP contribution in [-0.2, 0) is 6.54 Å². The maximum Gasteiger partial charge on any atom is 0.114 e. The first-order chi connectivity index (χ1) is 9.58. The molecule has 0 saturated carbocycles. The molecule has 0 aliphatic rings. The van der Waals surface area contributed by atoms with Crippen LogP contribution in [0.3, 0.4) is 0 Å². The number of rotatable bonds is 6. The zero-order valence-corrected chi connectivity index (χ0v) is 13.6. The van der Waals surface area contributed by atoms with Gasteiger partial charge in [-0.15, -0.1) is 0 Å². The fourth-order valence-corrected chi connectivity index (χ4v) is 3.17. The smallest absolute Gasteiger partial charge is 0.114 e. The summed E-state index contributed by atoms with van der Waals surface area (Å²) < 4.78 is 5.35. The summed E-state index contributed by atoms with van der Waals surface area (Å²) in [6.07, 6.45) is 1.71. The summed E-state index contributed by atoms with van der Waals surface area (Å²) in [7, 11) is 0. The Hall–Kier alpha value is -0.900. The van der Waals surface area contributed by atoms with E-state index in [1.54, 1.807) is 18.0 Å². The van der Waals surface area contributed by atoms with E-state index in [2.05, 4.69) is 25.2 Å². The Kier molecular flexibility index (Phi) is 5.58. The van der Waals surface area contributed by atoms with Crippen molar-refractivity contribution in [2.75, 3.05) is 6.54 Å². The number of nitrogens with one attached hydrogen (secondary N) is 1. The predicted octanol–water partition coefficient (Wildman–Crippen LogP) is 5.14. The molecule has 2 nitrogen and oxygen atoms in total. The first-order valence-electron chi connectivity index (χ1n) is 6.78. The third kappa shape index (κ3) is 4.05. The molecule has 2 rings (SSSR count). The molecular weight excluding hydrogens is 290 g/mol. The number of hydrogen-bond donors (Lipinski definition) is 1. The van der Waals surface area contributed by atoms with Gasteiger partial charge in [0.05, 0.1) is 16.2 Å². The van der Waals surface area contributed by atoms with E-state index in [0.717, 1.165) is 33.7 Å². The zero-order valence-electron chi connectivity index (χ0n) is 12.1. The van der Waals surface area contributed by atoms with Crippen molar-refractivity contribution < 1.29 is 4.42 Å². The van der Waals surface area contributed by atoms with Gasteiger partial charge < -0.3 is 9.73 Å². The molecule has 1 heterocycles. The second-order valence-corrected chi connectivity index (χ2v) is 6.66. The Balaban J connectivity index is 2.16. The molecule has 4 heteroatoms. The van der Waals surface area contributed by atoms with Crippen molar-refractivity contribution in [3.63, 3.8) is 0 Å². The predicted molar refractivity (Wildman–Crippen MR) is 85.6 cm³/mol. The standard InChI is InChI=1S/C16H20ClNOS/c1-11(2)9-18-10-13-5-4-6-14(17)16(13)20-15-7-8-19-12(15)3/h4-8,11,18H,9-10H2,1-3H3. The highest BCUT2D eigenvalue weighted by atomic mass is 35.5. The molecule has 0 fully saturated rings. The molecule has 0 amide bonds. The normalized spacial score (nSPS) is 11.2. The van der Waals surface area contributed by atoms with Gasteiger partial charge >= 0.3 is 0 Å². The lowest BCUT2D eigenvalue weighted by atomic mass is 10.2. The third-order valence-corrected chi connectivity index (χ3v) is 4.70. The highest BCUT2D eigenvalue weighted by molar-refractivity contribution is 7.99. The van der Waals surface area contributed by atoms with E-state index in [0.29, 0.717) is 5.92 Å². The quantitative estimate of drug-likeness (QED) is 0.800. The topological polar surface area (TPSA) is 25.2 Å². The maximum atomic E-state index is 6.36. The fourth-order valence-electron chi connectivity index (χ4n) is 1.89. The van der Waals surface area contributed by atoms with Crippen molar-refractivity contribution in [3.05, 3.63) is 46.9 Å². The molecule has 0 radical (unpaired) electrons. The van der Waals surface area contributed by atoms with E-state index >= 15 is 0 Å². The van der Waals surface area contributed by atoms with Crippen molar-refractivity contribution >= 4 is 23.4 Å². The average molecular weight is 310 g/mol. The van der Waals surface area contributed by atoms with E-state index in [1.807, 2.05) is 25.1 Å². The minimum absolute atomic E-state index is 0.640. The van der Waals surface area contributed by atoms with Crippen LogP contribution in [0.4, 0.5) is 0 Å². The lowest BCUT2D eigenvalue weighted by molar-refractivity contribution is 0.527. The summed E-state index contributed by atoms with van der Waals surface area (Å²) in [6, 6.07) is 8.04. The minimum Gasteiger partial charge on any atom is -0.468 e. The summed E-state index contributed by atoms with van der Waals surface area (Å²) in [5.41, 5.74) is 1.23. The van der Waals surface area contributed by atoms with Crippen molar-refractivity contribution in [1.82, 2.24) is 5.32 Å². The lowest BCUT2D eigenvalue weighted by Crippen LogP contribution is -2.19. The van der Waals surface area contributed by atoms with Crippen molar-refractivity contribution in [3.8, 4) is 0 Å². The Bertz CT molecular complexity index is 565. The Morgan fingerprint density at radius 1 is 1.30 bits per heavy atom. The number of halogens is 1. The molecule has 108 valence electrons. The van der Waals surface area contributed by atoms with Crippen molar-refractivity contribution in [2.45, 2.75) is 37.1 Å². The van der Waals surface area contributed by atoms with E-state index in [-0.39, 0.29) is 0 Å². The summed E-state index contributed by atoms with van der Waals surface area (Å²) in [4.78, 5) is 2.22. The molecule has 0 aliphatic carbocycles. The fraction of sp³-hybridized carbons (Fsp3) is 0.375. The van der Waals surface area contributed by atoms with E-state index < -0.39 is 0 Å². The number of benzene rings is 1. The molecule has 0 unspecified atom stereocenters. The summed E-state index contributed by atoms with van der Waals surface area (Å²) in [6.45, 7) is 8.21. The monoisotopic (exact) mass is 309 g/mol. The zero-order chi connectivity index (χ0) is 14.5. The molecule has 1 aromatic carbocycles. The van der Waals surface area contributed by atoms with Gasteiger partial charge in [0.1, 0.15) is 5.76 Å². The van der Waals surface area contributed by atoms with Crippen LogP contribution in [0, 0.1) is 12.8 Å². The van der Waals surface area contributed by atoms with Crippen molar-refractivity contribution in [2.24, 2.45) is 5.92 Å². The minimum atomic E-state index is 0.640. The van der Waals surface area contributed by atoms with Gasteiger partial charge in [-0.25, -0.2) is 0 Å². The van der Waals surface area contributed by atoms with Gasteiger partial charge in [-0.2, -0.15) is 0 Å². The molecule has 0 saturated heterocycles. The van der Waals surface area contributed by atoms with Gasteiger partial charge in [0.25, 0.3) is 0 Å². The van der Waals surface area contributed by atoms with Crippen LogP contribution in [0.2, 0.25) is 5.02 Å². The van der Waals surface area contributed by atoms with Crippen molar-refractivity contribution in [1.29, 1.82) is 0 Å².